The first-order chi connectivity index (χ1) is 6.91. The van der Waals surface area contributed by atoms with Gasteiger partial charge in [0.1, 0.15) is 6.04 Å². The molecule has 84 valence electrons. The van der Waals surface area contributed by atoms with Gasteiger partial charge in [0.25, 0.3) is 5.91 Å². The molecule has 6 heteroatoms. The van der Waals surface area contributed by atoms with E-state index in [0.717, 1.165) is 4.90 Å². The molecule has 1 rings (SSSR count). The smallest absolute Gasteiger partial charge is 0.254 e. The van der Waals surface area contributed by atoms with Gasteiger partial charge in [-0.25, -0.2) is 4.99 Å². The minimum absolute atomic E-state index is 0.107. The molecule has 0 aromatic heterocycles. The summed E-state index contributed by atoms with van der Waals surface area (Å²) in [6.07, 6.45) is 0.107. The molecule has 0 aromatic rings. The quantitative estimate of drug-likeness (QED) is 0.351. The van der Waals surface area contributed by atoms with Gasteiger partial charge in [-0.2, -0.15) is 0 Å². The van der Waals surface area contributed by atoms with E-state index in [1.54, 1.807) is 0 Å². The molecule has 6 nitrogen and oxygen atoms in total. The van der Waals surface area contributed by atoms with Crippen LogP contribution in [0.1, 0.15) is 20.3 Å². The molecule has 0 radical (unpaired) electrons. The minimum Gasteiger partial charge on any atom is -0.370 e. The van der Waals surface area contributed by atoms with E-state index in [4.69, 9.17) is 5.73 Å². The van der Waals surface area contributed by atoms with Gasteiger partial charge in [-0.1, -0.05) is 0 Å². The van der Waals surface area contributed by atoms with Crippen LogP contribution in [-0.2, 0) is 9.59 Å². The molecule has 0 saturated carbocycles. The Morgan fingerprint density at radius 3 is 2.60 bits per heavy atom. The molecule has 1 heterocycles. The van der Waals surface area contributed by atoms with E-state index in [-0.39, 0.29) is 30.2 Å². The second-order valence-electron chi connectivity index (χ2n) is 3.82. The number of carbonyl (C=O) groups is 2. The Kier molecular flexibility index (Phi) is 3.28. The molecule has 0 bridgehead atoms. The summed E-state index contributed by atoms with van der Waals surface area (Å²) in [5, 5.41) is 2.87. The highest BCUT2D eigenvalue weighted by Crippen LogP contribution is 2.13. The third-order valence-electron chi connectivity index (χ3n) is 2.09. The second kappa shape index (κ2) is 4.29. The number of carbonyl (C=O) groups excluding carboxylic acids is 2. The predicted molar refractivity (Wildman–Crippen MR) is 56.1 cm³/mol. The van der Waals surface area contributed by atoms with E-state index in [1.165, 1.54) is 7.05 Å². The molecule has 1 aliphatic heterocycles. The van der Waals surface area contributed by atoms with E-state index in [1.807, 2.05) is 13.8 Å². The number of nitrogens with zero attached hydrogens (tertiary/aromatic N) is 2. The van der Waals surface area contributed by atoms with Gasteiger partial charge >= 0.3 is 0 Å². The Morgan fingerprint density at radius 1 is 1.60 bits per heavy atom. The van der Waals surface area contributed by atoms with Crippen molar-refractivity contribution in [3.05, 3.63) is 0 Å². The summed E-state index contributed by atoms with van der Waals surface area (Å²) >= 11 is 0. The maximum atomic E-state index is 11.5. The topological polar surface area (TPSA) is 87.8 Å². The Hall–Kier alpha value is -1.59. The monoisotopic (exact) mass is 212 g/mol. The van der Waals surface area contributed by atoms with E-state index in [2.05, 4.69) is 10.3 Å². The molecule has 2 amide bonds. The molecular weight excluding hydrogens is 196 g/mol. The predicted octanol–water partition coefficient (Wildman–Crippen LogP) is -0.944. The number of nitrogens with two attached hydrogens (primary N) is 1. The summed E-state index contributed by atoms with van der Waals surface area (Å²) in [7, 11) is 1.45. The van der Waals surface area contributed by atoms with Crippen molar-refractivity contribution in [3.8, 4) is 0 Å². The van der Waals surface area contributed by atoms with Gasteiger partial charge < -0.3 is 11.1 Å². The minimum atomic E-state index is -0.659. The van der Waals surface area contributed by atoms with Crippen molar-refractivity contribution in [1.82, 2.24) is 10.2 Å². The Morgan fingerprint density at radius 2 is 2.20 bits per heavy atom. The zero-order valence-electron chi connectivity index (χ0n) is 9.15. The Bertz CT molecular complexity index is 311. The van der Waals surface area contributed by atoms with Crippen molar-refractivity contribution in [1.29, 1.82) is 0 Å². The van der Waals surface area contributed by atoms with Gasteiger partial charge in [-0.3, -0.25) is 14.5 Å². The molecule has 1 saturated heterocycles. The summed E-state index contributed by atoms with van der Waals surface area (Å²) in [5.74, 6) is -0.314. The Labute approximate surface area is 88.5 Å². The highest BCUT2D eigenvalue weighted by molar-refractivity contribution is 6.06. The fraction of sp³-hybridized carbons (Fsp3) is 0.667. The largest absolute Gasteiger partial charge is 0.370 e. The Balaban J connectivity index is 2.67. The molecule has 3 N–H and O–H groups in total. The lowest BCUT2D eigenvalue weighted by Crippen LogP contribution is -2.38. The number of hydrogen-bond donors (Lipinski definition) is 2. The molecule has 1 aliphatic rings. The zero-order valence-corrected chi connectivity index (χ0v) is 9.15. The standard InChI is InChI=1S/C9H16N4O2/c1-5(2)11-9(10)12-6-4-7(14)13(3)8(6)15/h5-6H,4H2,1-3H3,(H3,10,11,12). The maximum Gasteiger partial charge on any atom is 0.254 e. The normalized spacial score (nSPS) is 22.8. The SMILES string of the molecule is CC(C)NC(N)=NC1CC(=O)N(C)C1=O. The van der Waals surface area contributed by atoms with Gasteiger partial charge in [-0.15, -0.1) is 0 Å². The number of rotatable bonds is 2. The summed E-state index contributed by atoms with van der Waals surface area (Å²) in [6.45, 7) is 3.83. The van der Waals surface area contributed by atoms with Crippen LogP contribution in [0, 0.1) is 0 Å². The average molecular weight is 212 g/mol. The van der Waals surface area contributed by atoms with E-state index < -0.39 is 6.04 Å². The van der Waals surface area contributed by atoms with Gasteiger partial charge in [0.2, 0.25) is 5.91 Å². The van der Waals surface area contributed by atoms with Gasteiger partial charge in [0, 0.05) is 13.1 Å². The highest BCUT2D eigenvalue weighted by Gasteiger charge is 2.35. The van der Waals surface area contributed by atoms with Crippen LogP contribution in [0.3, 0.4) is 0 Å². The van der Waals surface area contributed by atoms with Crippen LogP contribution in [0.5, 0.6) is 0 Å². The molecule has 0 spiro atoms. The zero-order chi connectivity index (χ0) is 11.6. The van der Waals surface area contributed by atoms with Crippen molar-refractivity contribution < 1.29 is 9.59 Å². The molecule has 15 heavy (non-hydrogen) atoms. The van der Waals surface area contributed by atoms with Crippen molar-refractivity contribution in [2.75, 3.05) is 7.05 Å². The summed E-state index contributed by atoms with van der Waals surface area (Å²) in [4.78, 5) is 27.7. The lowest BCUT2D eigenvalue weighted by atomic mass is 10.2. The van der Waals surface area contributed by atoms with E-state index in [9.17, 15) is 9.59 Å². The van der Waals surface area contributed by atoms with E-state index >= 15 is 0 Å². The van der Waals surface area contributed by atoms with Crippen LogP contribution in [0.4, 0.5) is 0 Å². The molecule has 0 aliphatic carbocycles. The van der Waals surface area contributed by atoms with Crippen molar-refractivity contribution in [2.45, 2.75) is 32.4 Å². The van der Waals surface area contributed by atoms with Crippen molar-refractivity contribution in [3.63, 3.8) is 0 Å². The molecule has 1 atom stereocenters. The van der Waals surface area contributed by atoms with Crippen LogP contribution >= 0.6 is 0 Å². The number of aliphatic imine (C=N–C) groups is 1. The molecule has 0 aromatic carbocycles. The molecular formula is C9H16N4O2. The number of imide groups is 1. The number of nitrogens with one attached hydrogen (secondary N) is 1. The summed E-state index contributed by atoms with van der Waals surface area (Å²) in [6, 6.07) is -0.507. The number of hydrogen-bond acceptors (Lipinski definition) is 3. The van der Waals surface area contributed by atoms with Crippen molar-refractivity contribution in [2.24, 2.45) is 10.7 Å². The number of likely N-dealkylation sites (N-methyl/N-ethyl adjacent to an activating group) is 1. The first-order valence-corrected chi connectivity index (χ1v) is 4.82. The van der Waals surface area contributed by atoms with Crippen LogP contribution < -0.4 is 11.1 Å². The fourth-order valence-corrected chi connectivity index (χ4v) is 1.34. The van der Waals surface area contributed by atoms with Crippen LogP contribution in [-0.4, -0.2) is 41.8 Å². The lowest BCUT2D eigenvalue weighted by molar-refractivity contribution is -0.136. The number of amides is 2. The van der Waals surface area contributed by atoms with Crippen LogP contribution in [0.2, 0.25) is 0 Å². The average Bonchev–Trinajstić information content (AvgIpc) is 2.32. The summed E-state index contributed by atoms with van der Waals surface area (Å²) < 4.78 is 0. The number of likely N-dealkylation sites (tertiary alicyclic amines) is 1. The fourth-order valence-electron chi connectivity index (χ4n) is 1.34. The maximum absolute atomic E-state index is 11.5. The first-order valence-electron chi connectivity index (χ1n) is 4.82. The van der Waals surface area contributed by atoms with Gasteiger partial charge in [0.05, 0.1) is 6.42 Å². The summed E-state index contributed by atoms with van der Waals surface area (Å²) in [5.41, 5.74) is 5.56. The van der Waals surface area contributed by atoms with Crippen LogP contribution in [0.25, 0.3) is 0 Å². The third-order valence-corrected chi connectivity index (χ3v) is 2.09. The van der Waals surface area contributed by atoms with Crippen molar-refractivity contribution >= 4 is 17.8 Å². The van der Waals surface area contributed by atoms with Gasteiger partial charge in [-0.05, 0) is 13.8 Å². The third kappa shape index (κ3) is 2.68. The lowest BCUT2D eigenvalue weighted by Gasteiger charge is -2.10. The number of guanidine groups is 1. The van der Waals surface area contributed by atoms with E-state index in [0.29, 0.717) is 0 Å². The first kappa shape index (κ1) is 11.5. The molecule has 1 unspecified atom stereocenters. The molecule has 1 fully saturated rings. The second-order valence-corrected chi connectivity index (χ2v) is 3.82. The van der Waals surface area contributed by atoms with Gasteiger partial charge in [0.15, 0.2) is 5.96 Å². The highest BCUT2D eigenvalue weighted by atomic mass is 16.2. The van der Waals surface area contributed by atoms with Crippen LogP contribution in [0.15, 0.2) is 4.99 Å².